The monoisotopic (exact) mass is 433 g/mol. The lowest BCUT2D eigenvalue weighted by Gasteiger charge is -2.25. The van der Waals surface area contributed by atoms with Crippen LogP contribution in [0.4, 0.5) is 13.2 Å². The lowest BCUT2D eigenvalue weighted by atomic mass is 9.93. The van der Waals surface area contributed by atoms with E-state index in [9.17, 15) is 23.1 Å². The van der Waals surface area contributed by atoms with Gasteiger partial charge >= 0.3 is 6.18 Å². The van der Waals surface area contributed by atoms with Crippen LogP contribution in [0.5, 0.6) is 5.75 Å². The first-order valence-electron chi connectivity index (χ1n) is 10.1. The molecule has 1 saturated carbocycles. The molecular formula is C23H22F3NO4. The number of furan rings is 1. The standard InChI is InChI=1S/C23H22F3NO4/c24-23(25,26)13-30-19-7-2-1-5-17(19)18-6-3-4-14-12-20(31-21(14)18)22(29)27-15-8-10-16(28)11-9-15/h1-7,12,15-16,28H,8-11,13H2,(H,27,29)/t15-,16-. The van der Waals surface area contributed by atoms with Crippen LogP contribution in [0.3, 0.4) is 0 Å². The SMILES string of the molecule is O=C(N[C@H]1CC[C@H](O)CC1)c1cc2cccc(-c3ccccc3OCC(F)(F)F)c2o1. The first-order valence-corrected chi connectivity index (χ1v) is 10.1. The summed E-state index contributed by atoms with van der Waals surface area (Å²) < 4.78 is 48.7. The smallest absolute Gasteiger partial charge is 0.422 e. The molecule has 1 aromatic heterocycles. The van der Waals surface area contributed by atoms with Gasteiger partial charge in [-0.25, -0.2) is 0 Å². The summed E-state index contributed by atoms with van der Waals surface area (Å²) in [5, 5.41) is 13.2. The van der Waals surface area contributed by atoms with Gasteiger partial charge in [-0.3, -0.25) is 4.79 Å². The maximum absolute atomic E-state index is 12.7. The van der Waals surface area contributed by atoms with E-state index < -0.39 is 12.8 Å². The average molecular weight is 433 g/mol. The van der Waals surface area contributed by atoms with Gasteiger partial charge in [-0.2, -0.15) is 13.2 Å². The van der Waals surface area contributed by atoms with Gasteiger partial charge in [-0.15, -0.1) is 0 Å². The third kappa shape index (κ3) is 5.02. The fraction of sp³-hybridized carbons (Fsp3) is 0.348. The average Bonchev–Trinajstić information content (AvgIpc) is 3.18. The molecule has 1 aliphatic carbocycles. The maximum Gasteiger partial charge on any atom is 0.422 e. The number of aliphatic hydroxyl groups is 1. The van der Waals surface area contributed by atoms with Crippen molar-refractivity contribution in [1.29, 1.82) is 0 Å². The zero-order valence-electron chi connectivity index (χ0n) is 16.6. The summed E-state index contributed by atoms with van der Waals surface area (Å²) in [7, 11) is 0. The molecule has 0 radical (unpaired) electrons. The Morgan fingerprint density at radius 1 is 1.06 bits per heavy atom. The van der Waals surface area contributed by atoms with E-state index in [0.29, 0.717) is 47.8 Å². The number of carbonyl (C=O) groups is 1. The minimum absolute atomic E-state index is 0.0277. The predicted molar refractivity (Wildman–Crippen MR) is 109 cm³/mol. The molecule has 3 aromatic rings. The minimum Gasteiger partial charge on any atom is -0.483 e. The van der Waals surface area contributed by atoms with Crippen LogP contribution in [0.15, 0.2) is 52.9 Å². The second kappa shape index (κ2) is 8.63. The summed E-state index contributed by atoms with van der Waals surface area (Å²) in [6, 6.07) is 13.2. The highest BCUT2D eigenvalue weighted by Crippen LogP contribution is 2.37. The molecule has 1 amide bonds. The Morgan fingerprint density at radius 2 is 1.77 bits per heavy atom. The second-order valence-electron chi connectivity index (χ2n) is 7.71. The van der Waals surface area contributed by atoms with Crippen molar-refractivity contribution in [2.24, 2.45) is 0 Å². The number of amides is 1. The van der Waals surface area contributed by atoms with E-state index in [4.69, 9.17) is 9.15 Å². The van der Waals surface area contributed by atoms with Crippen LogP contribution < -0.4 is 10.1 Å². The number of carbonyl (C=O) groups excluding carboxylic acids is 1. The topological polar surface area (TPSA) is 71.7 Å². The van der Waals surface area contributed by atoms with Crippen LogP contribution in [-0.4, -0.2) is 35.9 Å². The van der Waals surface area contributed by atoms with E-state index in [1.807, 2.05) is 0 Å². The van der Waals surface area contributed by atoms with Crippen molar-refractivity contribution >= 4 is 16.9 Å². The summed E-state index contributed by atoms with van der Waals surface area (Å²) in [5.41, 5.74) is 1.38. The van der Waals surface area contributed by atoms with E-state index in [-0.39, 0.29) is 29.6 Å². The highest BCUT2D eigenvalue weighted by Gasteiger charge is 2.29. The molecule has 0 saturated heterocycles. The minimum atomic E-state index is -4.45. The van der Waals surface area contributed by atoms with Gasteiger partial charge in [0.15, 0.2) is 12.4 Å². The number of hydrogen-bond acceptors (Lipinski definition) is 4. The van der Waals surface area contributed by atoms with Crippen LogP contribution in [0.25, 0.3) is 22.1 Å². The number of halogens is 3. The van der Waals surface area contributed by atoms with E-state index in [1.165, 1.54) is 6.07 Å². The summed E-state index contributed by atoms with van der Waals surface area (Å²) in [6.45, 7) is -1.40. The molecule has 1 heterocycles. The molecule has 2 N–H and O–H groups in total. The Kier molecular flexibility index (Phi) is 5.91. The summed E-state index contributed by atoms with van der Waals surface area (Å²) in [5.74, 6) is -0.150. The molecule has 1 aliphatic rings. The van der Waals surface area contributed by atoms with Crippen LogP contribution in [0.1, 0.15) is 36.2 Å². The molecule has 4 rings (SSSR count). The number of nitrogens with one attached hydrogen (secondary N) is 1. The largest absolute Gasteiger partial charge is 0.483 e. The lowest BCUT2D eigenvalue weighted by Crippen LogP contribution is -2.38. The number of ether oxygens (including phenoxy) is 1. The molecule has 1 fully saturated rings. The van der Waals surface area contributed by atoms with Crippen LogP contribution in [-0.2, 0) is 0 Å². The molecule has 2 aromatic carbocycles. The van der Waals surface area contributed by atoms with Crippen LogP contribution in [0.2, 0.25) is 0 Å². The van der Waals surface area contributed by atoms with Crippen LogP contribution in [0, 0.1) is 0 Å². The van der Waals surface area contributed by atoms with E-state index in [0.717, 1.165) is 0 Å². The normalized spacial score (nSPS) is 19.4. The zero-order valence-corrected chi connectivity index (χ0v) is 16.6. The number of benzene rings is 2. The zero-order chi connectivity index (χ0) is 22.0. The Morgan fingerprint density at radius 3 is 2.52 bits per heavy atom. The van der Waals surface area contributed by atoms with Gasteiger partial charge in [-0.05, 0) is 37.8 Å². The Hall–Kier alpha value is -3.00. The van der Waals surface area contributed by atoms with E-state index >= 15 is 0 Å². The number of hydrogen-bond donors (Lipinski definition) is 2. The molecule has 0 unspecified atom stereocenters. The third-order valence-electron chi connectivity index (χ3n) is 5.37. The third-order valence-corrected chi connectivity index (χ3v) is 5.37. The highest BCUT2D eigenvalue weighted by atomic mass is 19.4. The maximum atomic E-state index is 12.7. The van der Waals surface area contributed by atoms with Gasteiger partial charge in [0.1, 0.15) is 11.3 Å². The van der Waals surface area contributed by atoms with Crippen molar-refractivity contribution in [3.8, 4) is 16.9 Å². The van der Waals surface area contributed by atoms with Crippen molar-refractivity contribution in [1.82, 2.24) is 5.32 Å². The number of aliphatic hydroxyl groups excluding tert-OH is 1. The van der Waals surface area contributed by atoms with Gasteiger partial charge in [0, 0.05) is 22.6 Å². The molecule has 31 heavy (non-hydrogen) atoms. The van der Waals surface area contributed by atoms with Crippen molar-refractivity contribution in [3.63, 3.8) is 0 Å². The summed E-state index contributed by atoms with van der Waals surface area (Å²) >= 11 is 0. The number of fused-ring (bicyclic) bond motifs is 1. The highest BCUT2D eigenvalue weighted by molar-refractivity contribution is 6.00. The number of para-hydroxylation sites is 2. The van der Waals surface area contributed by atoms with Crippen molar-refractivity contribution in [2.45, 2.75) is 44.0 Å². The van der Waals surface area contributed by atoms with E-state index in [2.05, 4.69) is 5.32 Å². The van der Waals surface area contributed by atoms with Gasteiger partial charge in [0.2, 0.25) is 0 Å². The second-order valence-corrected chi connectivity index (χ2v) is 7.71. The van der Waals surface area contributed by atoms with Crippen molar-refractivity contribution < 1.29 is 32.2 Å². The quantitative estimate of drug-likeness (QED) is 0.589. The Bertz CT molecular complexity index is 1070. The molecule has 0 bridgehead atoms. The Balaban J connectivity index is 1.61. The first kappa shape index (κ1) is 21.2. The lowest BCUT2D eigenvalue weighted by molar-refractivity contribution is -0.153. The van der Waals surface area contributed by atoms with Gasteiger partial charge < -0.3 is 19.6 Å². The molecule has 8 heteroatoms. The molecule has 164 valence electrons. The van der Waals surface area contributed by atoms with Crippen LogP contribution >= 0.6 is 0 Å². The van der Waals surface area contributed by atoms with Gasteiger partial charge in [-0.1, -0.05) is 36.4 Å². The van der Waals surface area contributed by atoms with Gasteiger partial charge in [0.25, 0.3) is 5.91 Å². The number of alkyl halides is 3. The van der Waals surface area contributed by atoms with E-state index in [1.54, 1.807) is 42.5 Å². The molecule has 5 nitrogen and oxygen atoms in total. The molecule has 0 spiro atoms. The Labute approximate surface area is 176 Å². The molecule has 0 aliphatic heterocycles. The number of rotatable bonds is 5. The fourth-order valence-electron chi connectivity index (χ4n) is 3.84. The summed E-state index contributed by atoms with van der Waals surface area (Å²) in [6.07, 6.45) is -2.09. The molecular weight excluding hydrogens is 411 g/mol. The fourth-order valence-corrected chi connectivity index (χ4v) is 3.84. The predicted octanol–water partition coefficient (Wildman–Crippen LogP) is 5.07. The molecule has 0 atom stereocenters. The van der Waals surface area contributed by atoms with Crippen molar-refractivity contribution in [2.75, 3.05) is 6.61 Å². The first-order chi connectivity index (χ1) is 14.8. The van der Waals surface area contributed by atoms with Gasteiger partial charge in [0.05, 0.1) is 6.10 Å². The van der Waals surface area contributed by atoms with Crippen molar-refractivity contribution in [3.05, 3.63) is 54.3 Å². The summed E-state index contributed by atoms with van der Waals surface area (Å²) in [4.78, 5) is 12.7.